The maximum absolute atomic E-state index is 12.5. The second-order valence-corrected chi connectivity index (χ2v) is 6.03. The van der Waals surface area contributed by atoms with Gasteiger partial charge >= 0.3 is 5.97 Å². The summed E-state index contributed by atoms with van der Waals surface area (Å²) in [6.07, 6.45) is 3.08. The van der Waals surface area contributed by atoms with E-state index in [0.717, 1.165) is 31.6 Å². The molecular formula is C13H22N2O3S. The molecule has 0 aromatic heterocycles. The Bertz CT molecular complexity index is 332. The van der Waals surface area contributed by atoms with Gasteiger partial charge in [-0.1, -0.05) is 6.42 Å². The van der Waals surface area contributed by atoms with E-state index in [2.05, 4.69) is 5.32 Å². The Balaban J connectivity index is 2.01. The first-order valence-corrected chi connectivity index (χ1v) is 8.17. The van der Waals surface area contributed by atoms with Crippen molar-refractivity contribution in [1.29, 1.82) is 0 Å². The molecule has 2 fully saturated rings. The van der Waals surface area contributed by atoms with Crippen molar-refractivity contribution in [2.75, 3.05) is 31.2 Å². The summed E-state index contributed by atoms with van der Waals surface area (Å²) in [6, 6.07) is -0.524. The standard InChI is InChI=1S/C13H22N2O3S/c1-2-18-13(17)11-9-19-8-7-15(11)12(16)10-5-3-4-6-14-10/h10-11,14H,2-9H2,1H3/t10-,11?/m0/s1. The average Bonchev–Trinajstić information content (AvgIpc) is 2.47. The minimum Gasteiger partial charge on any atom is -0.464 e. The van der Waals surface area contributed by atoms with Crippen molar-refractivity contribution in [3.05, 3.63) is 0 Å². The Morgan fingerprint density at radius 3 is 2.95 bits per heavy atom. The molecule has 0 spiro atoms. The summed E-state index contributed by atoms with van der Waals surface area (Å²) in [5.74, 6) is 1.35. The van der Waals surface area contributed by atoms with Crippen LogP contribution in [-0.4, -0.2) is 60.1 Å². The second kappa shape index (κ2) is 7.14. The first-order valence-electron chi connectivity index (χ1n) is 7.02. The number of hydrogen-bond donors (Lipinski definition) is 1. The first kappa shape index (κ1) is 14.7. The number of nitrogens with one attached hydrogen (secondary N) is 1. The quantitative estimate of drug-likeness (QED) is 0.771. The van der Waals surface area contributed by atoms with Crippen molar-refractivity contribution in [2.24, 2.45) is 0 Å². The fourth-order valence-corrected chi connectivity index (χ4v) is 3.60. The average molecular weight is 286 g/mol. The van der Waals surface area contributed by atoms with E-state index < -0.39 is 6.04 Å². The first-order chi connectivity index (χ1) is 9.24. The molecule has 0 bridgehead atoms. The predicted octanol–water partition coefficient (Wildman–Crippen LogP) is 0.636. The normalized spacial score (nSPS) is 27.9. The van der Waals surface area contributed by atoms with Crippen LogP contribution in [0.25, 0.3) is 0 Å². The zero-order valence-corrected chi connectivity index (χ0v) is 12.2. The van der Waals surface area contributed by atoms with Crippen LogP contribution in [-0.2, 0) is 14.3 Å². The molecule has 2 aliphatic rings. The third kappa shape index (κ3) is 3.63. The van der Waals surface area contributed by atoms with Crippen molar-refractivity contribution < 1.29 is 14.3 Å². The zero-order valence-electron chi connectivity index (χ0n) is 11.4. The summed E-state index contributed by atoms with van der Waals surface area (Å²) in [5, 5.41) is 3.26. The van der Waals surface area contributed by atoms with E-state index in [4.69, 9.17) is 4.74 Å². The Morgan fingerprint density at radius 1 is 1.42 bits per heavy atom. The van der Waals surface area contributed by atoms with Crippen LogP contribution in [0.3, 0.4) is 0 Å². The summed E-state index contributed by atoms with van der Waals surface area (Å²) >= 11 is 1.71. The highest BCUT2D eigenvalue weighted by atomic mass is 32.2. The lowest BCUT2D eigenvalue weighted by Gasteiger charge is -2.37. The molecule has 6 heteroatoms. The molecule has 1 amide bonds. The summed E-state index contributed by atoms with van der Waals surface area (Å²) in [7, 11) is 0. The van der Waals surface area contributed by atoms with Crippen LogP contribution in [0.5, 0.6) is 0 Å². The number of rotatable bonds is 3. The van der Waals surface area contributed by atoms with Crippen molar-refractivity contribution in [2.45, 2.75) is 38.3 Å². The third-order valence-corrected chi connectivity index (χ3v) is 4.60. The fourth-order valence-electron chi connectivity index (χ4n) is 2.56. The Hall–Kier alpha value is -0.750. The minimum atomic E-state index is -0.407. The van der Waals surface area contributed by atoms with Crippen molar-refractivity contribution >= 4 is 23.6 Å². The van der Waals surface area contributed by atoms with E-state index in [0.29, 0.717) is 18.9 Å². The number of esters is 1. The van der Waals surface area contributed by atoms with Gasteiger partial charge in [0, 0.05) is 18.1 Å². The van der Waals surface area contributed by atoms with E-state index in [9.17, 15) is 9.59 Å². The summed E-state index contributed by atoms with van der Waals surface area (Å²) in [6.45, 7) is 3.70. The number of amides is 1. The van der Waals surface area contributed by atoms with Gasteiger partial charge in [-0.05, 0) is 26.3 Å². The lowest BCUT2D eigenvalue weighted by atomic mass is 10.0. The Kier molecular flexibility index (Phi) is 5.51. The molecule has 2 saturated heterocycles. The summed E-state index contributed by atoms with van der Waals surface area (Å²) in [4.78, 5) is 26.2. The molecule has 0 aromatic rings. The predicted molar refractivity (Wildman–Crippen MR) is 75.1 cm³/mol. The fraction of sp³-hybridized carbons (Fsp3) is 0.846. The van der Waals surface area contributed by atoms with Gasteiger partial charge in [0.2, 0.25) is 5.91 Å². The number of carbonyl (C=O) groups is 2. The highest BCUT2D eigenvalue weighted by Gasteiger charge is 2.36. The molecule has 0 aromatic carbocycles. The Labute approximate surface area is 118 Å². The van der Waals surface area contributed by atoms with Crippen LogP contribution in [0, 0.1) is 0 Å². The lowest BCUT2D eigenvalue weighted by molar-refractivity contribution is -0.154. The van der Waals surface area contributed by atoms with Gasteiger partial charge in [0.05, 0.1) is 12.6 Å². The van der Waals surface area contributed by atoms with E-state index in [1.807, 2.05) is 0 Å². The van der Waals surface area contributed by atoms with E-state index >= 15 is 0 Å². The number of thioether (sulfide) groups is 1. The van der Waals surface area contributed by atoms with E-state index in [-0.39, 0.29) is 17.9 Å². The molecule has 2 aliphatic heterocycles. The van der Waals surface area contributed by atoms with Crippen molar-refractivity contribution in [1.82, 2.24) is 10.2 Å². The molecular weight excluding hydrogens is 264 g/mol. The van der Waals surface area contributed by atoms with E-state index in [1.54, 1.807) is 23.6 Å². The SMILES string of the molecule is CCOC(=O)C1CSCCN1C(=O)[C@@H]1CCCCN1. The van der Waals surface area contributed by atoms with Crippen LogP contribution in [0.15, 0.2) is 0 Å². The smallest absolute Gasteiger partial charge is 0.329 e. The van der Waals surface area contributed by atoms with Gasteiger partial charge in [-0.3, -0.25) is 4.79 Å². The molecule has 2 rings (SSSR count). The zero-order chi connectivity index (χ0) is 13.7. The highest BCUT2D eigenvalue weighted by Crippen LogP contribution is 2.20. The number of hydrogen-bond acceptors (Lipinski definition) is 5. The molecule has 1 unspecified atom stereocenters. The van der Waals surface area contributed by atoms with E-state index in [1.165, 1.54) is 0 Å². The number of nitrogens with zero attached hydrogens (tertiary/aromatic N) is 1. The Morgan fingerprint density at radius 2 is 2.26 bits per heavy atom. The monoisotopic (exact) mass is 286 g/mol. The third-order valence-electron chi connectivity index (χ3n) is 3.58. The van der Waals surface area contributed by atoms with Crippen LogP contribution in [0.2, 0.25) is 0 Å². The molecule has 0 radical (unpaired) electrons. The number of ether oxygens (including phenoxy) is 1. The second-order valence-electron chi connectivity index (χ2n) is 4.88. The van der Waals surface area contributed by atoms with Crippen LogP contribution in [0.1, 0.15) is 26.2 Å². The topological polar surface area (TPSA) is 58.6 Å². The lowest BCUT2D eigenvalue weighted by Crippen LogP contribution is -2.57. The summed E-state index contributed by atoms with van der Waals surface area (Å²) < 4.78 is 5.08. The molecule has 5 nitrogen and oxygen atoms in total. The molecule has 0 aliphatic carbocycles. The number of piperidine rings is 1. The molecule has 2 heterocycles. The maximum Gasteiger partial charge on any atom is 0.329 e. The van der Waals surface area contributed by atoms with Gasteiger partial charge < -0.3 is 15.0 Å². The van der Waals surface area contributed by atoms with Gasteiger partial charge in [0.1, 0.15) is 6.04 Å². The van der Waals surface area contributed by atoms with Crippen LogP contribution >= 0.6 is 11.8 Å². The van der Waals surface area contributed by atoms with Gasteiger partial charge in [0.15, 0.2) is 0 Å². The van der Waals surface area contributed by atoms with Gasteiger partial charge in [-0.25, -0.2) is 4.79 Å². The van der Waals surface area contributed by atoms with Crippen LogP contribution < -0.4 is 5.32 Å². The van der Waals surface area contributed by atoms with Crippen molar-refractivity contribution in [3.63, 3.8) is 0 Å². The highest BCUT2D eigenvalue weighted by molar-refractivity contribution is 7.99. The van der Waals surface area contributed by atoms with Crippen LogP contribution in [0.4, 0.5) is 0 Å². The molecule has 108 valence electrons. The number of carbonyl (C=O) groups excluding carboxylic acids is 2. The maximum atomic E-state index is 12.5. The largest absolute Gasteiger partial charge is 0.464 e. The molecule has 0 saturated carbocycles. The molecule has 19 heavy (non-hydrogen) atoms. The minimum absolute atomic E-state index is 0.0676. The molecule has 2 atom stereocenters. The molecule has 1 N–H and O–H groups in total. The van der Waals surface area contributed by atoms with Gasteiger partial charge in [0.25, 0.3) is 0 Å². The van der Waals surface area contributed by atoms with Gasteiger partial charge in [-0.2, -0.15) is 11.8 Å². The van der Waals surface area contributed by atoms with Crippen molar-refractivity contribution in [3.8, 4) is 0 Å². The summed E-state index contributed by atoms with van der Waals surface area (Å²) in [5.41, 5.74) is 0. The van der Waals surface area contributed by atoms with Gasteiger partial charge in [-0.15, -0.1) is 0 Å².